The summed E-state index contributed by atoms with van der Waals surface area (Å²) in [6, 6.07) is 4.20. The van der Waals surface area contributed by atoms with Crippen molar-refractivity contribution in [3.63, 3.8) is 0 Å². The molecule has 0 radical (unpaired) electrons. The minimum Gasteiger partial charge on any atom is -0.354 e. The third-order valence-electron chi connectivity index (χ3n) is 2.47. The van der Waals surface area contributed by atoms with Gasteiger partial charge in [-0.2, -0.15) is 0 Å². The van der Waals surface area contributed by atoms with E-state index in [0.29, 0.717) is 0 Å². The van der Waals surface area contributed by atoms with Gasteiger partial charge in [0.2, 0.25) is 0 Å². The molecule has 0 bridgehead atoms. The van der Waals surface area contributed by atoms with Crippen LogP contribution in [0.5, 0.6) is 0 Å². The Hall–Kier alpha value is 0.0100. The van der Waals surface area contributed by atoms with Crippen LogP contribution in [-0.2, 0) is 6.54 Å². The first-order valence-electron chi connectivity index (χ1n) is 5.60. The van der Waals surface area contributed by atoms with Crippen LogP contribution in [0.3, 0.4) is 0 Å². The lowest BCUT2D eigenvalue weighted by molar-refractivity contribution is 0.560. The molecule has 0 saturated heterocycles. The zero-order valence-electron chi connectivity index (χ0n) is 8.79. The molecule has 1 aromatic heterocycles. The Kier molecular flexibility index (Phi) is 7.19. The van der Waals surface area contributed by atoms with Crippen molar-refractivity contribution >= 4 is 22.6 Å². The quantitative estimate of drug-likeness (QED) is 0.384. The molecule has 1 aromatic rings. The Morgan fingerprint density at radius 3 is 2.00 bits per heavy atom. The van der Waals surface area contributed by atoms with Crippen LogP contribution in [0.15, 0.2) is 24.5 Å². The van der Waals surface area contributed by atoms with E-state index in [1.165, 1.54) is 49.5 Å². The minimum atomic E-state index is 1.19. The number of aryl methyl sites for hydroxylation is 1. The molecular formula is C12H20IN. The first kappa shape index (κ1) is 12.1. The summed E-state index contributed by atoms with van der Waals surface area (Å²) < 4.78 is 3.59. The fourth-order valence-corrected chi connectivity index (χ4v) is 2.15. The Balaban J connectivity index is 1.85. The molecule has 0 aliphatic carbocycles. The van der Waals surface area contributed by atoms with Gasteiger partial charge in [0.25, 0.3) is 0 Å². The largest absolute Gasteiger partial charge is 0.354 e. The van der Waals surface area contributed by atoms with Crippen LogP contribution in [0.4, 0.5) is 0 Å². The Morgan fingerprint density at radius 2 is 1.36 bits per heavy atom. The number of alkyl halides is 1. The van der Waals surface area contributed by atoms with Crippen molar-refractivity contribution in [3.8, 4) is 0 Å². The van der Waals surface area contributed by atoms with E-state index in [9.17, 15) is 0 Å². The average Bonchev–Trinajstić information content (AvgIpc) is 2.69. The highest BCUT2D eigenvalue weighted by Gasteiger charge is 1.91. The van der Waals surface area contributed by atoms with Crippen LogP contribution in [0.25, 0.3) is 0 Å². The standard InChI is InChI=1S/C12H20IN/c13-9-5-3-1-2-4-6-10-14-11-7-8-12-14/h7-8,11-12H,1-6,9-10H2. The predicted octanol–water partition coefficient (Wildman–Crippen LogP) is 4.26. The van der Waals surface area contributed by atoms with Gasteiger partial charge in [0.1, 0.15) is 0 Å². The fraction of sp³-hybridized carbons (Fsp3) is 0.667. The maximum atomic E-state index is 2.46. The topological polar surface area (TPSA) is 4.93 Å². The zero-order chi connectivity index (χ0) is 10.1. The van der Waals surface area contributed by atoms with Gasteiger partial charge >= 0.3 is 0 Å². The second-order valence-corrected chi connectivity index (χ2v) is 4.81. The molecule has 0 spiro atoms. The second-order valence-electron chi connectivity index (χ2n) is 3.73. The summed E-state index contributed by atoms with van der Waals surface area (Å²) in [5.74, 6) is 0. The molecule has 2 heteroatoms. The lowest BCUT2D eigenvalue weighted by Gasteiger charge is -2.02. The summed E-state index contributed by atoms with van der Waals surface area (Å²) >= 11 is 2.46. The number of aromatic nitrogens is 1. The Labute approximate surface area is 101 Å². The summed E-state index contributed by atoms with van der Waals surface area (Å²) in [5.41, 5.74) is 0. The fourth-order valence-electron chi connectivity index (χ4n) is 1.62. The van der Waals surface area contributed by atoms with E-state index in [4.69, 9.17) is 0 Å². The second kappa shape index (κ2) is 8.33. The molecule has 14 heavy (non-hydrogen) atoms. The first-order valence-corrected chi connectivity index (χ1v) is 7.13. The molecule has 0 aliphatic rings. The minimum absolute atomic E-state index is 1.19. The van der Waals surface area contributed by atoms with E-state index < -0.39 is 0 Å². The van der Waals surface area contributed by atoms with Gasteiger partial charge in [-0.15, -0.1) is 0 Å². The Bertz CT molecular complexity index is 206. The van der Waals surface area contributed by atoms with E-state index in [2.05, 4.69) is 51.7 Å². The average molecular weight is 305 g/mol. The van der Waals surface area contributed by atoms with Crippen LogP contribution in [0, 0.1) is 0 Å². The van der Waals surface area contributed by atoms with Gasteiger partial charge in [-0.1, -0.05) is 48.3 Å². The molecule has 0 saturated carbocycles. The number of hydrogen-bond donors (Lipinski definition) is 0. The van der Waals surface area contributed by atoms with E-state index >= 15 is 0 Å². The highest BCUT2D eigenvalue weighted by Crippen LogP contribution is 2.07. The van der Waals surface area contributed by atoms with Crippen molar-refractivity contribution < 1.29 is 0 Å². The van der Waals surface area contributed by atoms with Gasteiger partial charge in [0, 0.05) is 18.9 Å². The lowest BCUT2D eigenvalue weighted by atomic mass is 10.1. The SMILES string of the molecule is ICCCCCCCCn1cccc1. The van der Waals surface area contributed by atoms with Crippen molar-refractivity contribution in [1.82, 2.24) is 4.57 Å². The van der Waals surface area contributed by atoms with E-state index in [1.54, 1.807) is 0 Å². The molecule has 0 amide bonds. The Morgan fingerprint density at radius 1 is 0.786 bits per heavy atom. The van der Waals surface area contributed by atoms with Crippen LogP contribution >= 0.6 is 22.6 Å². The van der Waals surface area contributed by atoms with Gasteiger partial charge < -0.3 is 4.57 Å². The predicted molar refractivity (Wildman–Crippen MR) is 71.0 cm³/mol. The molecule has 0 fully saturated rings. The normalized spacial score (nSPS) is 10.6. The third kappa shape index (κ3) is 5.68. The number of nitrogens with zero attached hydrogens (tertiary/aromatic N) is 1. The molecule has 0 aromatic carbocycles. The maximum absolute atomic E-state index is 2.46. The first-order chi connectivity index (χ1) is 6.93. The summed E-state index contributed by atoms with van der Waals surface area (Å²) in [6.07, 6.45) is 12.7. The van der Waals surface area contributed by atoms with E-state index in [0.717, 1.165) is 0 Å². The van der Waals surface area contributed by atoms with Crippen LogP contribution in [0.2, 0.25) is 0 Å². The molecule has 1 rings (SSSR count). The molecule has 80 valence electrons. The van der Waals surface area contributed by atoms with Crippen molar-refractivity contribution in [1.29, 1.82) is 0 Å². The molecule has 0 aliphatic heterocycles. The van der Waals surface area contributed by atoms with Crippen LogP contribution in [0.1, 0.15) is 38.5 Å². The number of unbranched alkanes of at least 4 members (excludes halogenated alkanes) is 5. The molecular weight excluding hydrogens is 285 g/mol. The number of halogens is 1. The van der Waals surface area contributed by atoms with Gasteiger partial charge in [-0.05, 0) is 29.4 Å². The number of rotatable bonds is 8. The van der Waals surface area contributed by atoms with Gasteiger partial charge in [-0.3, -0.25) is 0 Å². The highest BCUT2D eigenvalue weighted by molar-refractivity contribution is 14.1. The van der Waals surface area contributed by atoms with Crippen LogP contribution in [-0.4, -0.2) is 8.99 Å². The van der Waals surface area contributed by atoms with E-state index in [-0.39, 0.29) is 0 Å². The summed E-state index contributed by atoms with van der Waals surface area (Å²) in [7, 11) is 0. The van der Waals surface area contributed by atoms with Gasteiger partial charge in [0.05, 0.1) is 0 Å². The summed E-state index contributed by atoms with van der Waals surface area (Å²) in [5, 5.41) is 0. The van der Waals surface area contributed by atoms with E-state index in [1.807, 2.05) is 0 Å². The maximum Gasteiger partial charge on any atom is 0.0219 e. The molecule has 1 heterocycles. The molecule has 0 atom stereocenters. The zero-order valence-corrected chi connectivity index (χ0v) is 10.9. The monoisotopic (exact) mass is 305 g/mol. The van der Waals surface area contributed by atoms with Crippen molar-refractivity contribution in [3.05, 3.63) is 24.5 Å². The smallest absolute Gasteiger partial charge is 0.0219 e. The van der Waals surface area contributed by atoms with Crippen molar-refractivity contribution in [2.24, 2.45) is 0 Å². The van der Waals surface area contributed by atoms with Crippen LogP contribution < -0.4 is 0 Å². The molecule has 0 unspecified atom stereocenters. The summed E-state index contributed by atoms with van der Waals surface area (Å²) in [6.45, 7) is 1.19. The number of hydrogen-bond acceptors (Lipinski definition) is 0. The lowest BCUT2D eigenvalue weighted by Crippen LogP contribution is -1.93. The van der Waals surface area contributed by atoms with Crippen molar-refractivity contribution in [2.45, 2.75) is 45.1 Å². The van der Waals surface area contributed by atoms with Crippen molar-refractivity contribution in [2.75, 3.05) is 4.43 Å². The third-order valence-corrected chi connectivity index (χ3v) is 3.23. The van der Waals surface area contributed by atoms with Gasteiger partial charge in [0.15, 0.2) is 0 Å². The highest BCUT2D eigenvalue weighted by atomic mass is 127. The summed E-state index contributed by atoms with van der Waals surface area (Å²) in [4.78, 5) is 0. The molecule has 1 nitrogen and oxygen atoms in total. The van der Waals surface area contributed by atoms with Gasteiger partial charge in [-0.25, -0.2) is 0 Å². The molecule has 0 N–H and O–H groups in total.